The number of hydrogen-bond donors (Lipinski definition) is 2. The topological polar surface area (TPSA) is 84.7 Å². The highest BCUT2D eigenvalue weighted by Crippen LogP contribution is 1.95. The van der Waals surface area contributed by atoms with Crippen LogP contribution in [0.25, 0.3) is 0 Å². The Morgan fingerprint density at radius 2 is 1.38 bits per heavy atom. The smallest absolute Gasteiger partial charge is 0.407 e. The van der Waals surface area contributed by atoms with Crippen molar-refractivity contribution in [2.24, 2.45) is 11.8 Å². The predicted molar refractivity (Wildman–Crippen MR) is 131 cm³/mol. The number of amides is 2. The van der Waals surface area contributed by atoms with E-state index in [0.29, 0.717) is 13.0 Å². The molecular formula is C23H55N3O3. The molecule has 0 fully saturated rings. The Kier molecular flexibility index (Phi) is 58.9. The van der Waals surface area contributed by atoms with E-state index in [1.165, 1.54) is 0 Å². The number of nitrogens with two attached hydrogens (primary N) is 1. The number of hydrogen-bond acceptors (Lipinski definition) is 4. The molecule has 6 nitrogen and oxygen atoms in total. The SMILES string of the molecule is C=CCCN(N)C(=O)CNC(=O)OC(C)CC.CC.CC.CC.CC.CC(C)C. The van der Waals surface area contributed by atoms with Crippen LogP contribution in [-0.4, -0.2) is 36.2 Å². The van der Waals surface area contributed by atoms with E-state index in [2.05, 4.69) is 32.7 Å². The van der Waals surface area contributed by atoms with E-state index < -0.39 is 6.09 Å². The van der Waals surface area contributed by atoms with Gasteiger partial charge in [-0.25, -0.2) is 10.6 Å². The molecule has 0 saturated heterocycles. The van der Waals surface area contributed by atoms with E-state index in [0.717, 1.165) is 17.3 Å². The monoisotopic (exact) mass is 421 g/mol. The number of nitrogens with one attached hydrogen (secondary N) is 1. The molecule has 29 heavy (non-hydrogen) atoms. The highest BCUT2D eigenvalue weighted by atomic mass is 16.6. The Morgan fingerprint density at radius 3 is 1.69 bits per heavy atom. The van der Waals surface area contributed by atoms with Crippen LogP contribution in [0.4, 0.5) is 4.79 Å². The lowest BCUT2D eigenvalue weighted by atomic mass is 10.3. The average molecular weight is 422 g/mol. The zero-order valence-corrected chi connectivity index (χ0v) is 22.0. The fraction of sp³-hybridized carbons (Fsp3) is 0.826. The summed E-state index contributed by atoms with van der Waals surface area (Å²) in [5.74, 6) is 5.93. The molecule has 0 aromatic rings. The molecule has 0 aliphatic heterocycles. The van der Waals surface area contributed by atoms with Gasteiger partial charge in [-0.15, -0.1) is 6.58 Å². The van der Waals surface area contributed by atoms with Gasteiger partial charge in [-0.1, -0.05) is 89.2 Å². The van der Waals surface area contributed by atoms with E-state index in [1.807, 2.05) is 62.3 Å². The molecule has 0 saturated carbocycles. The van der Waals surface area contributed by atoms with Gasteiger partial charge >= 0.3 is 6.09 Å². The molecule has 0 rings (SSSR count). The minimum Gasteiger partial charge on any atom is -0.447 e. The molecule has 0 aromatic heterocycles. The summed E-state index contributed by atoms with van der Waals surface area (Å²) in [6.07, 6.45) is 2.23. The molecule has 0 heterocycles. The number of carbonyl (C=O) groups excluding carboxylic acids is 2. The van der Waals surface area contributed by atoms with Crippen LogP contribution in [0.2, 0.25) is 0 Å². The number of rotatable bonds is 7. The Balaban J connectivity index is -0.0000000921. The zero-order valence-electron chi connectivity index (χ0n) is 22.0. The first-order valence-electron chi connectivity index (χ1n) is 11.3. The number of hydrazine groups is 1. The van der Waals surface area contributed by atoms with Crippen LogP contribution in [0.1, 0.15) is 103 Å². The Morgan fingerprint density at radius 1 is 1.00 bits per heavy atom. The van der Waals surface area contributed by atoms with Crippen molar-refractivity contribution in [1.82, 2.24) is 10.3 Å². The maximum atomic E-state index is 11.4. The summed E-state index contributed by atoms with van der Waals surface area (Å²) in [5, 5.41) is 3.39. The summed E-state index contributed by atoms with van der Waals surface area (Å²) in [4.78, 5) is 22.6. The molecule has 6 heteroatoms. The first kappa shape index (κ1) is 41.7. The Labute approximate surface area is 183 Å². The first-order valence-corrected chi connectivity index (χ1v) is 11.3. The van der Waals surface area contributed by atoms with Crippen LogP contribution >= 0.6 is 0 Å². The second-order valence-electron chi connectivity index (χ2n) is 5.37. The van der Waals surface area contributed by atoms with Crippen molar-refractivity contribution >= 4 is 12.0 Å². The summed E-state index contributed by atoms with van der Waals surface area (Å²) >= 11 is 0. The summed E-state index contributed by atoms with van der Waals surface area (Å²) in [6.45, 7) is 29.9. The summed E-state index contributed by atoms with van der Waals surface area (Å²) in [6, 6.07) is 0. The van der Waals surface area contributed by atoms with Crippen LogP contribution in [0.5, 0.6) is 0 Å². The number of alkyl carbamates (subject to hydrolysis) is 1. The number of carbonyl (C=O) groups is 2. The van der Waals surface area contributed by atoms with Crippen LogP contribution in [0.15, 0.2) is 12.7 Å². The lowest BCUT2D eigenvalue weighted by Gasteiger charge is -2.16. The van der Waals surface area contributed by atoms with E-state index in [9.17, 15) is 9.59 Å². The van der Waals surface area contributed by atoms with Gasteiger partial charge in [-0.2, -0.15) is 0 Å². The second-order valence-corrected chi connectivity index (χ2v) is 5.37. The quantitative estimate of drug-likeness (QED) is 0.211. The molecule has 3 N–H and O–H groups in total. The van der Waals surface area contributed by atoms with Crippen molar-refractivity contribution in [3.63, 3.8) is 0 Å². The number of nitrogens with zero attached hydrogens (tertiary/aromatic N) is 1. The average Bonchev–Trinajstić information content (AvgIpc) is 2.75. The highest BCUT2D eigenvalue weighted by Gasteiger charge is 2.12. The lowest BCUT2D eigenvalue weighted by Crippen LogP contribution is -2.44. The second kappa shape index (κ2) is 41.0. The first-order chi connectivity index (χ1) is 13.7. The molecule has 0 bridgehead atoms. The Hall–Kier alpha value is -1.56. The van der Waals surface area contributed by atoms with Gasteiger partial charge in [0.25, 0.3) is 5.91 Å². The molecule has 0 spiro atoms. The maximum absolute atomic E-state index is 11.4. The zero-order chi connectivity index (χ0) is 24.8. The van der Waals surface area contributed by atoms with Crippen molar-refractivity contribution in [1.29, 1.82) is 0 Å². The normalized spacial score (nSPS) is 8.79. The molecule has 1 unspecified atom stereocenters. The van der Waals surface area contributed by atoms with Gasteiger partial charge in [-0.3, -0.25) is 9.80 Å². The van der Waals surface area contributed by atoms with Gasteiger partial charge in [0.05, 0.1) is 0 Å². The van der Waals surface area contributed by atoms with Crippen molar-refractivity contribution in [2.75, 3.05) is 13.1 Å². The van der Waals surface area contributed by atoms with E-state index in [4.69, 9.17) is 10.6 Å². The predicted octanol–water partition coefficient (Wildman–Crippen LogP) is 6.56. The maximum Gasteiger partial charge on any atom is 0.407 e. The lowest BCUT2D eigenvalue weighted by molar-refractivity contribution is -0.130. The minimum atomic E-state index is -0.607. The molecular weight excluding hydrogens is 366 g/mol. The molecule has 180 valence electrons. The molecule has 0 aliphatic carbocycles. The Bertz CT molecular complexity index is 307. The molecule has 2 amide bonds. The van der Waals surface area contributed by atoms with Crippen molar-refractivity contribution < 1.29 is 14.3 Å². The van der Waals surface area contributed by atoms with Gasteiger partial charge in [0, 0.05) is 6.54 Å². The van der Waals surface area contributed by atoms with E-state index >= 15 is 0 Å². The van der Waals surface area contributed by atoms with Crippen LogP contribution in [0.3, 0.4) is 0 Å². The molecule has 1 atom stereocenters. The summed E-state index contributed by atoms with van der Waals surface area (Å²) < 4.78 is 4.93. The highest BCUT2D eigenvalue weighted by molar-refractivity contribution is 5.81. The van der Waals surface area contributed by atoms with Gasteiger partial charge < -0.3 is 10.1 Å². The third kappa shape index (κ3) is 51.9. The number of ether oxygens (including phenoxy) is 1. The molecule has 0 aromatic carbocycles. The largest absolute Gasteiger partial charge is 0.447 e. The van der Waals surface area contributed by atoms with Crippen molar-refractivity contribution in [3.8, 4) is 0 Å². The van der Waals surface area contributed by atoms with Crippen LogP contribution < -0.4 is 11.2 Å². The third-order valence-electron chi connectivity index (χ3n) is 2.16. The fourth-order valence-electron chi connectivity index (χ4n) is 0.912. The fourth-order valence-corrected chi connectivity index (χ4v) is 0.912. The van der Waals surface area contributed by atoms with Crippen LogP contribution in [0, 0.1) is 5.92 Å². The van der Waals surface area contributed by atoms with E-state index in [-0.39, 0.29) is 18.6 Å². The van der Waals surface area contributed by atoms with Crippen molar-refractivity contribution in [2.45, 2.75) is 109 Å². The van der Waals surface area contributed by atoms with Gasteiger partial charge in [0.15, 0.2) is 0 Å². The van der Waals surface area contributed by atoms with Gasteiger partial charge in [0.2, 0.25) is 0 Å². The van der Waals surface area contributed by atoms with Gasteiger partial charge in [-0.05, 0) is 25.7 Å². The van der Waals surface area contributed by atoms with Crippen LogP contribution in [-0.2, 0) is 9.53 Å². The molecule has 0 aliphatic rings. The third-order valence-corrected chi connectivity index (χ3v) is 2.16. The molecule has 0 radical (unpaired) electrons. The minimum absolute atomic E-state index is 0.164. The summed E-state index contributed by atoms with van der Waals surface area (Å²) in [7, 11) is 0. The van der Waals surface area contributed by atoms with Gasteiger partial charge in [0.1, 0.15) is 12.6 Å². The summed E-state index contributed by atoms with van der Waals surface area (Å²) in [5.41, 5.74) is 0. The van der Waals surface area contributed by atoms with E-state index in [1.54, 1.807) is 13.0 Å². The standard InChI is InChI=1S/C11H21N3O3.C4H10.4C2H6/c1-4-6-7-14(12)10(15)8-13-11(16)17-9(3)5-2;1-4(2)3;4*1-2/h4,9H,1,5-8,12H2,2-3H3,(H,13,16);4H,1-3H3;4*1-2H3. The van der Waals surface area contributed by atoms with Crippen molar-refractivity contribution in [3.05, 3.63) is 12.7 Å².